The molecule has 6 nitrogen and oxygen atoms in total. The number of rotatable bonds is 7. The Kier molecular flexibility index (Phi) is 5.50. The Morgan fingerprint density at radius 1 is 1.58 bits per heavy atom. The van der Waals surface area contributed by atoms with E-state index in [0.717, 1.165) is 0 Å². The first kappa shape index (κ1) is 15.7. The second-order valence-corrected chi connectivity index (χ2v) is 4.84. The number of amides is 1. The lowest BCUT2D eigenvalue weighted by Gasteiger charge is -2.23. The number of aromatic nitrogens is 1. The SMILES string of the molecule is CCc1noc(C)c1C(=O)NCC(C)(O)CCOC. The van der Waals surface area contributed by atoms with E-state index in [1.54, 1.807) is 21.0 Å². The molecule has 0 aliphatic heterocycles. The standard InChI is InChI=1S/C13H22N2O4/c1-5-10-11(9(2)19-15-10)12(16)14-8-13(3,17)6-7-18-4/h17H,5-8H2,1-4H3,(H,14,16). The largest absolute Gasteiger partial charge is 0.388 e. The molecule has 1 heterocycles. The van der Waals surface area contributed by atoms with Gasteiger partial charge in [0.15, 0.2) is 0 Å². The normalized spacial score (nSPS) is 14.2. The van der Waals surface area contributed by atoms with Crippen LogP contribution in [0, 0.1) is 6.92 Å². The summed E-state index contributed by atoms with van der Waals surface area (Å²) in [4.78, 5) is 12.1. The second kappa shape index (κ2) is 6.68. The van der Waals surface area contributed by atoms with Crippen LogP contribution in [0.5, 0.6) is 0 Å². The second-order valence-electron chi connectivity index (χ2n) is 4.84. The predicted octanol–water partition coefficient (Wildman–Crippen LogP) is 1.06. The van der Waals surface area contributed by atoms with Gasteiger partial charge < -0.3 is 19.7 Å². The van der Waals surface area contributed by atoms with Crippen molar-refractivity contribution in [3.05, 3.63) is 17.0 Å². The number of carbonyl (C=O) groups is 1. The smallest absolute Gasteiger partial charge is 0.256 e. The fourth-order valence-corrected chi connectivity index (χ4v) is 1.72. The number of carbonyl (C=O) groups excluding carboxylic acids is 1. The van der Waals surface area contributed by atoms with Crippen LogP contribution in [0.15, 0.2) is 4.52 Å². The summed E-state index contributed by atoms with van der Waals surface area (Å²) in [6.07, 6.45) is 1.08. The molecule has 6 heteroatoms. The van der Waals surface area contributed by atoms with Crippen molar-refractivity contribution in [2.45, 2.75) is 39.2 Å². The minimum absolute atomic E-state index is 0.156. The van der Waals surface area contributed by atoms with Gasteiger partial charge in [0, 0.05) is 26.7 Å². The molecule has 2 N–H and O–H groups in total. The maximum atomic E-state index is 12.1. The molecule has 0 saturated carbocycles. The molecule has 1 atom stereocenters. The number of aryl methyl sites for hydroxylation is 2. The van der Waals surface area contributed by atoms with Gasteiger partial charge in [0.05, 0.1) is 11.3 Å². The Morgan fingerprint density at radius 3 is 2.84 bits per heavy atom. The zero-order valence-electron chi connectivity index (χ0n) is 11.9. The van der Waals surface area contributed by atoms with Crippen molar-refractivity contribution in [3.63, 3.8) is 0 Å². The van der Waals surface area contributed by atoms with Gasteiger partial charge in [0.2, 0.25) is 0 Å². The summed E-state index contributed by atoms with van der Waals surface area (Å²) in [5.74, 6) is 0.221. The quantitative estimate of drug-likeness (QED) is 0.774. The van der Waals surface area contributed by atoms with Crippen LogP contribution in [0.1, 0.15) is 42.1 Å². The topological polar surface area (TPSA) is 84.6 Å². The van der Waals surface area contributed by atoms with Crippen LogP contribution < -0.4 is 5.32 Å². The van der Waals surface area contributed by atoms with Gasteiger partial charge in [-0.15, -0.1) is 0 Å². The molecule has 0 bridgehead atoms. The zero-order valence-corrected chi connectivity index (χ0v) is 11.9. The molecule has 0 aliphatic rings. The molecule has 0 aliphatic carbocycles. The number of nitrogens with one attached hydrogen (secondary N) is 1. The highest BCUT2D eigenvalue weighted by atomic mass is 16.5. The van der Waals surface area contributed by atoms with E-state index < -0.39 is 5.60 Å². The number of hydrogen-bond acceptors (Lipinski definition) is 5. The van der Waals surface area contributed by atoms with Gasteiger partial charge in [0.1, 0.15) is 11.3 Å². The highest BCUT2D eigenvalue weighted by Crippen LogP contribution is 2.14. The molecule has 0 saturated heterocycles. The van der Waals surface area contributed by atoms with E-state index in [9.17, 15) is 9.90 Å². The molecule has 0 radical (unpaired) electrons. The molecule has 108 valence electrons. The summed E-state index contributed by atoms with van der Waals surface area (Å²) in [6.45, 7) is 5.86. The van der Waals surface area contributed by atoms with Crippen LogP contribution in [0.2, 0.25) is 0 Å². The summed E-state index contributed by atoms with van der Waals surface area (Å²) in [5, 5.41) is 16.6. The lowest BCUT2D eigenvalue weighted by atomic mass is 10.0. The van der Waals surface area contributed by atoms with E-state index in [4.69, 9.17) is 9.26 Å². The minimum Gasteiger partial charge on any atom is -0.388 e. The van der Waals surface area contributed by atoms with Crippen LogP contribution in [-0.2, 0) is 11.2 Å². The molecule has 1 aromatic heterocycles. The summed E-state index contributed by atoms with van der Waals surface area (Å²) in [7, 11) is 1.57. The van der Waals surface area contributed by atoms with Gasteiger partial charge in [-0.2, -0.15) is 0 Å². The van der Waals surface area contributed by atoms with Crippen molar-refractivity contribution < 1.29 is 19.2 Å². The first-order valence-electron chi connectivity index (χ1n) is 6.36. The van der Waals surface area contributed by atoms with Crippen LogP contribution in [0.4, 0.5) is 0 Å². The fraction of sp³-hybridized carbons (Fsp3) is 0.692. The molecule has 0 fully saturated rings. The van der Waals surface area contributed by atoms with Crippen molar-refractivity contribution in [1.29, 1.82) is 0 Å². The van der Waals surface area contributed by atoms with Gasteiger partial charge >= 0.3 is 0 Å². The van der Waals surface area contributed by atoms with Crippen molar-refractivity contribution in [2.24, 2.45) is 0 Å². The summed E-state index contributed by atoms with van der Waals surface area (Å²) in [6, 6.07) is 0. The molecule has 0 aromatic carbocycles. The Labute approximate surface area is 113 Å². The van der Waals surface area contributed by atoms with E-state index >= 15 is 0 Å². The monoisotopic (exact) mass is 270 g/mol. The molecular weight excluding hydrogens is 248 g/mol. The maximum Gasteiger partial charge on any atom is 0.256 e. The maximum absolute atomic E-state index is 12.1. The van der Waals surface area contributed by atoms with Crippen LogP contribution >= 0.6 is 0 Å². The van der Waals surface area contributed by atoms with Crippen molar-refractivity contribution in [1.82, 2.24) is 10.5 Å². The number of nitrogens with zero attached hydrogens (tertiary/aromatic N) is 1. The lowest BCUT2D eigenvalue weighted by Crippen LogP contribution is -2.41. The van der Waals surface area contributed by atoms with Crippen LogP contribution in [0.3, 0.4) is 0 Å². The highest BCUT2D eigenvalue weighted by Gasteiger charge is 2.24. The minimum atomic E-state index is -0.997. The molecular formula is C13H22N2O4. The average molecular weight is 270 g/mol. The molecule has 1 amide bonds. The summed E-state index contributed by atoms with van der Waals surface area (Å²) < 4.78 is 9.93. The van der Waals surface area contributed by atoms with E-state index in [2.05, 4.69) is 10.5 Å². The Balaban J connectivity index is 2.62. The number of hydrogen-bond donors (Lipinski definition) is 2. The van der Waals surface area contributed by atoms with Gasteiger partial charge in [-0.05, 0) is 20.3 Å². The lowest BCUT2D eigenvalue weighted by molar-refractivity contribution is 0.0243. The number of ether oxygens (including phenoxy) is 1. The summed E-state index contributed by atoms with van der Waals surface area (Å²) in [5.41, 5.74) is 0.0971. The van der Waals surface area contributed by atoms with Crippen molar-refractivity contribution in [3.8, 4) is 0 Å². The van der Waals surface area contributed by atoms with E-state index in [1.807, 2.05) is 6.92 Å². The number of aliphatic hydroxyl groups is 1. The van der Waals surface area contributed by atoms with Crippen molar-refractivity contribution in [2.75, 3.05) is 20.3 Å². The Bertz CT molecular complexity index is 426. The van der Waals surface area contributed by atoms with Crippen molar-refractivity contribution >= 4 is 5.91 Å². The molecule has 1 aromatic rings. The van der Waals surface area contributed by atoms with Crippen LogP contribution in [0.25, 0.3) is 0 Å². The first-order valence-corrected chi connectivity index (χ1v) is 6.36. The number of methoxy groups -OCH3 is 1. The highest BCUT2D eigenvalue weighted by molar-refractivity contribution is 5.96. The molecule has 1 rings (SSSR count). The summed E-state index contributed by atoms with van der Waals surface area (Å²) >= 11 is 0. The van der Waals surface area contributed by atoms with E-state index in [0.29, 0.717) is 36.5 Å². The molecule has 1 unspecified atom stereocenters. The molecule has 19 heavy (non-hydrogen) atoms. The van der Waals surface area contributed by atoms with E-state index in [-0.39, 0.29) is 12.5 Å². The first-order chi connectivity index (χ1) is 8.91. The Hall–Kier alpha value is -1.40. The van der Waals surface area contributed by atoms with Crippen LogP contribution in [-0.4, -0.2) is 42.0 Å². The molecule has 0 spiro atoms. The third-order valence-corrected chi connectivity index (χ3v) is 2.97. The average Bonchev–Trinajstić information content (AvgIpc) is 2.75. The third-order valence-electron chi connectivity index (χ3n) is 2.97. The van der Waals surface area contributed by atoms with E-state index in [1.165, 1.54) is 0 Å². The fourth-order valence-electron chi connectivity index (χ4n) is 1.72. The van der Waals surface area contributed by atoms with Gasteiger partial charge in [-0.1, -0.05) is 12.1 Å². The van der Waals surface area contributed by atoms with Gasteiger partial charge in [-0.25, -0.2) is 0 Å². The Morgan fingerprint density at radius 2 is 2.26 bits per heavy atom. The van der Waals surface area contributed by atoms with Gasteiger partial charge in [0.25, 0.3) is 5.91 Å². The predicted molar refractivity (Wildman–Crippen MR) is 70.1 cm³/mol. The zero-order chi connectivity index (χ0) is 14.5. The van der Waals surface area contributed by atoms with Gasteiger partial charge in [-0.3, -0.25) is 4.79 Å². The third kappa shape index (κ3) is 4.33.